The van der Waals surface area contributed by atoms with Gasteiger partial charge in [-0.15, -0.1) is 6.58 Å². The van der Waals surface area contributed by atoms with Crippen molar-refractivity contribution in [3.05, 3.63) is 71.6 Å². The van der Waals surface area contributed by atoms with E-state index in [2.05, 4.69) is 54.2 Å². The van der Waals surface area contributed by atoms with Gasteiger partial charge in [0.2, 0.25) is 0 Å². The number of allylic oxidation sites excluding steroid dienone is 1. The molecule has 2 aromatic carbocycles. The summed E-state index contributed by atoms with van der Waals surface area (Å²) >= 11 is 0. The van der Waals surface area contributed by atoms with E-state index < -0.39 is 0 Å². The van der Waals surface area contributed by atoms with Crippen molar-refractivity contribution in [2.75, 3.05) is 40.3 Å². The SMILES string of the molecule is C=CCn1nc(C(=O)N2CCN(C)CC2)c2c1CCC(NCc1c(OC)ccc3ccccc13)C2. The largest absolute Gasteiger partial charge is 0.496 e. The van der Waals surface area contributed by atoms with Crippen molar-refractivity contribution in [1.29, 1.82) is 0 Å². The molecule has 1 aliphatic heterocycles. The van der Waals surface area contributed by atoms with Crippen LogP contribution in [0, 0.1) is 0 Å². The Morgan fingerprint density at radius 2 is 2.00 bits per heavy atom. The lowest BCUT2D eigenvalue weighted by molar-refractivity contribution is 0.0656. The zero-order valence-corrected chi connectivity index (χ0v) is 20.8. The Morgan fingerprint density at radius 3 is 2.77 bits per heavy atom. The highest BCUT2D eigenvalue weighted by atomic mass is 16.5. The fraction of sp³-hybridized carbons (Fsp3) is 0.429. The molecule has 2 aliphatic rings. The minimum Gasteiger partial charge on any atom is -0.496 e. The number of methoxy groups -OCH3 is 1. The van der Waals surface area contributed by atoms with E-state index in [0.717, 1.165) is 56.8 Å². The van der Waals surface area contributed by atoms with Crippen LogP contribution in [0.5, 0.6) is 5.75 Å². The summed E-state index contributed by atoms with van der Waals surface area (Å²) in [6.07, 6.45) is 4.56. The molecule has 1 aliphatic carbocycles. The monoisotopic (exact) mass is 473 g/mol. The van der Waals surface area contributed by atoms with Crippen LogP contribution in [-0.2, 0) is 25.9 Å². The molecule has 1 aromatic heterocycles. The van der Waals surface area contributed by atoms with Gasteiger partial charge in [-0.05, 0) is 43.1 Å². The van der Waals surface area contributed by atoms with E-state index in [4.69, 9.17) is 9.84 Å². The number of nitrogens with one attached hydrogen (secondary N) is 1. The molecular weight excluding hydrogens is 438 g/mol. The lowest BCUT2D eigenvalue weighted by atomic mass is 9.90. The lowest BCUT2D eigenvalue weighted by Crippen LogP contribution is -2.47. The van der Waals surface area contributed by atoms with Gasteiger partial charge < -0.3 is 19.9 Å². The number of benzene rings is 2. The second-order valence-electron chi connectivity index (χ2n) is 9.63. The van der Waals surface area contributed by atoms with Gasteiger partial charge in [0.1, 0.15) is 5.75 Å². The maximum Gasteiger partial charge on any atom is 0.274 e. The molecule has 7 heteroatoms. The van der Waals surface area contributed by atoms with Crippen molar-refractivity contribution < 1.29 is 9.53 Å². The summed E-state index contributed by atoms with van der Waals surface area (Å²) in [5.74, 6) is 0.964. The van der Waals surface area contributed by atoms with Gasteiger partial charge in [0.15, 0.2) is 5.69 Å². The molecule has 2 heterocycles. The van der Waals surface area contributed by atoms with Gasteiger partial charge in [-0.25, -0.2) is 0 Å². The van der Waals surface area contributed by atoms with Crippen LogP contribution in [0.25, 0.3) is 10.8 Å². The van der Waals surface area contributed by atoms with E-state index in [1.807, 2.05) is 21.7 Å². The first-order chi connectivity index (χ1) is 17.1. The van der Waals surface area contributed by atoms with E-state index in [0.29, 0.717) is 18.8 Å². The zero-order valence-electron chi connectivity index (χ0n) is 20.8. The second-order valence-corrected chi connectivity index (χ2v) is 9.63. The summed E-state index contributed by atoms with van der Waals surface area (Å²) in [5, 5.41) is 11.0. The molecule has 0 radical (unpaired) electrons. The highest BCUT2D eigenvalue weighted by Crippen LogP contribution is 2.30. The molecule has 7 nitrogen and oxygen atoms in total. The minimum atomic E-state index is 0.0635. The summed E-state index contributed by atoms with van der Waals surface area (Å²) < 4.78 is 7.67. The Labute approximate surface area is 207 Å². The van der Waals surface area contributed by atoms with Crippen molar-refractivity contribution in [1.82, 2.24) is 24.9 Å². The average molecular weight is 474 g/mol. The third-order valence-electron chi connectivity index (χ3n) is 7.43. The van der Waals surface area contributed by atoms with Crippen LogP contribution in [0.2, 0.25) is 0 Å². The molecule has 3 aromatic rings. The zero-order chi connectivity index (χ0) is 24.4. The molecule has 1 unspecified atom stereocenters. The van der Waals surface area contributed by atoms with Gasteiger partial charge in [0.25, 0.3) is 5.91 Å². The van der Waals surface area contributed by atoms with Gasteiger partial charge >= 0.3 is 0 Å². The van der Waals surface area contributed by atoms with Crippen molar-refractivity contribution in [3.8, 4) is 5.75 Å². The maximum atomic E-state index is 13.5. The summed E-state index contributed by atoms with van der Waals surface area (Å²) in [4.78, 5) is 17.7. The Kier molecular flexibility index (Phi) is 6.88. The van der Waals surface area contributed by atoms with Crippen molar-refractivity contribution >= 4 is 16.7 Å². The summed E-state index contributed by atoms with van der Waals surface area (Å²) in [5.41, 5.74) is 4.08. The molecule has 1 N–H and O–H groups in total. The highest BCUT2D eigenvalue weighted by Gasteiger charge is 2.32. The fourth-order valence-electron chi connectivity index (χ4n) is 5.40. The number of likely N-dealkylation sites (N-methyl/N-ethyl adjacent to an activating group) is 1. The fourth-order valence-corrected chi connectivity index (χ4v) is 5.40. The second kappa shape index (κ2) is 10.2. The molecule has 0 spiro atoms. The number of ether oxygens (including phenoxy) is 1. The molecule has 35 heavy (non-hydrogen) atoms. The molecule has 1 saturated heterocycles. The third-order valence-corrected chi connectivity index (χ3v) is 7.43. The molecular formula is C28H35N5O2. The van der Waals surface area contributed by atoms with E-state index >= 15 is 0 Å². The number of piperazine rings is 1. The number of rotatable bonds is 7. The predicted octanol–water partition coefficient (Wildman–Crippen LogP) is 3.27. The van der Waals surface area contributed by atoms with E-state index in [9.17, 15) is 4.79 Å². The number of nitrogens with zero attached hydrogens (tertiary/aromatic N) is 4. The normalized spacial score (nSPS) is 18.5. The van der Waals surface area contributed by atoms with Gasteiger partial charge in [0.05, 0.1) is 13.7 Å². The molecule has 184 valence electrons. The first-order valence-corrected chi connectivity index (χ1v) is 12.5. The lowest BCUT2D eigenvalue weighted by Gasteiger charge is -2.32. The predicted molar refractivity (Wildman–Crippen MR) is 139 cm³/mol. The van der Waals surface area contributed by atoms with Crippen LogP contribution in [0.15, 0.2) is 49.1 Å². The van der Waals surface area contributed by atoms with Crippen LogP contribution >= 0.6 is 0 Å². The summed E-state index contributed by atoms with van der Waals surface area (Å²) in [6, 6.07) is 12.8. The van der Waals surface area contributed by atoms with Crippen LogP contribution in [0.4, 0.5) is 0 Å². The maximum absolute atomic E-state index is 13.5. The van der Waals surface area contributed by atoms with E-state index in [1.54, 1.807) is 7.11 Å². The molecule has 5 rings (SSSR count). The molecule has 1 atom stereocenters. The van der Waals surface area contributed by atoms with Crippen molar-refractivity contribution in [3.63, 3.8) is 0 Å². The Balaban J connectivity index is 1.37. The molecule has 1 amide bonds. The number of carbonyl (C=O) groups is 1. The number of hydrogen-bond donors (Lipinski definition) is 1. The van der Waals surface area contributed by atoms with E-state index in [-0.39, 0.29) is 11.9 Å². The number of fused-ring (bicyclic) bond motifs is 2. The smallest absolute Gasteiger partial charge is 0.274 e. The van der Waals surface area contributed by atoms with Gasteiger partial charge in [-0.1, -0.05) is 36.4 Å². The molecule has 1 fully saturated rings. The van der Waals surface area contributed by atoms with Gasteiger partial charge in [-0.2, -0.15) is 5.10 Å². The summed E-state index contributed by atoms with van der Waals surface area (Å²) in [7, 11) is 3.83. The average Bonchev–Trinajstić information content (AvgIpc) is 3.25. The quantitative estimate of drug-likeness (QED) is 0.534. The van der Waals surface area contributed by atoms with Crippen LogP contribution in [0.3, 0.4) is 0 Å². The van der Waals surface area contributed by atoms with Gasteiger partial charge in [-0.3, -0.25) is 9.48 Å². The number of aromatic nitrogens is 2. The van der Waals surface area contributed by atoms with Crippen molar-refractivity contribution in [2.45, 2.75) is 38.4 Å². The first-order valence-electron chi connectivity index (χ1n) is 12.5. The Bertz CT molecular complexity index is 1230. The number of carbonyl (C=O) groups excluding carboxylic acids is 1. The number of amides is 1. The third kappa shape index (κ3) is 4.70. The van der Waals surface area contributed by atoms with Crippen LogP contribution in [0.1, 0.15) is 33.7 Å². The Hall–Kier alpha value is -3.16. The van der Waals surface area contributed by atoms with Crippen LogP contribution in [-0.4, -0.2) is 71.9 Å². The minimum absolute atomic E-state index is 0.0635. The van der Waals surface area contributed by atoms with E-state index in [1.165, 1.54) is 22.0 Å². The standard InChI is InChI=1S/C28H35N5O2/c1-4-13-33-25-11-10-21(18-23(25)27(30-33)28(34)32-16-14-31(2)15-17-32)29-19-24-22-8-6-5-7-20(22)9-12-26(24)35-3/h4-9,12,21,29H,1,10-11,13-19H2,2-3H3. The number of hydrogen-bond acceptors (Lipinski definition) is 5. The molecule has 0 saturated carbocycles. The van der Waals surface area contributed by atoms with Crippen LogP contribution < -0.4 is 10.1 Å². The Morgan fingerprint density at radius 1 is 1.20 bits per heavy atom. The highest BCUT2D eigenvalue weighted by molar-refractivity contribution is 5.94. The van der Waals surface area contributed by atoms with Crippen molar-refractivity contribution in [2.24, 2.45) is 0 Å². The molecule has 0 bridgehead atoms. The topological polar surface area (TPSA) is 62.6 Å². The summed E-state index contributed by atoms with van der Waals surface area (Å²) in [6.45, 7) is 8.54. The van der Waals surface area contributed by atoms with Gasteiger partial charge in [0, 0.05) is 55.6 Å². The first kappa shape index (κ1) is 23.6.